The van der Waals surface area contributed by atoms with Crippen LogP contribution in [-0.2, 0) is 9.53 Å². The van der Waals surface area contributed by atoms with Crippen LogP contribution in [0.2, 0.25) is 0 Å². The van der Waals surface area contributed by atoms with Crippen LogP contribution in [0.3, 0.4) is 0 Å². The minimum absolute atomic E-state index is 0.210. The Bertz CT molecular complexity index is 139. The molecule has 4 heteroatoms. The summed E-state index contributed by atoms with van der Waals surface area (Å²) in [7, 11) is 0. The van der Waals surface area contributed by atoms with E-state index in [0.717, 1.165) is 0 Å². The van der Waals surface area contributed by atoms with Crippen molar-refractivity contribution in [1.29, 1.82) is 0 Å². The number of hydrogen-bond acceptors (Lipinski definition) is 3. The van der Waals surface area contributed by atoms with Gasteiger partial charge in [-0.2, -0.15) is 0 Å². The number of carbonyl (C=O) groups is 1. The Labute approximate surface area is 74.9 Å². The molecule has 0 rings (SSSR count). The number of carbonyl (C=O) groups excluding carboxylic acids is 1. The van der Waals surface area contributed by atoms with Crippen LogP contribution >= 0.6 is 15.9 Å². The number of esters is 1. The lowest BCUT2D eigenvalue weighted by atomic mass is 10.2. The number of alkyl halides is 1. The standard InChI is InChI=1S/C7H13BrO3/c1-7(2,3)11-6(10)5(9)4-8/h5,9H,4H2,1-3H3. The van der Waals surface area contributed by atoms with Gasteiger partial charge in [-0.15, -0.1) is 0 Å². The summed E-state index contributed by atoms with van der Waals surface area (Å²) < 4.78 is 4.87. The molecule has 66 valence electrons. The van der Waals surface area contributed by atoms with Gasteiger partial charge >= 0.3 is 5.97 Å². The smallest absolute Gasteiger partial charge is 0.336 e. The van der Waals surface area contributed by atoms with E-state index in [1.807, 2.05) is 0 Å². The first-order chi connectivity index (χ1) is 4.87. The fourth-order valence-corrected chi connectivity index (χ4v) is 0.697. The van der Waals surface area contributed by atoms with E-state index >= 15 is 0 Å². The Balaban J connectivity index is 3.88. The summed E-state index contributed by atoms with van der Waals surface area (Å²) in [6.45, 7) is 5.27. The minimum Gasteiger partial charge on any atom is -0.458 e. The Kier molecular flexibility index (Phi) is 4.03. The first-order valence-electron chi connectivity index (χ1n) is 3.33. The predicted molar refractivity (Wildman–Crippen MR) is 45.6 cm³/mol. The van der Waals surface area contributed by atoms with Crippen molar-refractivity contribution in [3.8, 4) is 0 Å². The Hall–Kier alpha value is -0.0900. The maximum atomic E-state index is 10.9. The van der Waals surface area contributed by atoms with E-state index in [9.17, 15) is 4.79 Å². The first kappa shape index (κ1) is 10.9. The van der Waals surface area contributed by atoms with Crippen molar-refractivity contribution in [2.45, 2.75) is 32.5 Å². The van der Waals surface area contributed by atoms with Crippen LogP contribution in [0.25, 0.3) is 0 Å². The van der Waals surface area contributed by atoms with Gasteiger partial charge in [0.15, 0.2) is 6.10 Å². The molecule has 0 aromatic rings. The Morgan fingerprint density at radius 2 is 2.09 bits per heavy atom. The van der Waals surface area contributed by atoms with E-state index in [2.05, 4.69) is 15.9 Å². The molecule has 1 atom stereocenters. The van der Waals surface area contributed by atoms with E-state index in [4.69, 9.17) is 9.84 Å². The zero-order valence-electron chi connectivity index (χ0n) is 6.93. The highest BCUT2D eigenvalue weighted by molar-refractivity contribution is 9.09. The molecule has 0 saturated heterocycles. The minimum atomic E-state index is -1.06. The van der Waals surface area contributed by atoms with E-state index in [-0.39, 0.29) is 5.33 Å². The normalized spacial score (nSPS) is 14.3. The molecule has 0 aliphatic carbocycles. The SMILES string of the molecule is CC(C)(C)OC(=O)C(O)CBr. The second-order valence-electron chi connectivity index (χ2n) is 3.20. The van der Waals surface area contributed by atoms with Crippen molar-refractivity contribution >= 4 is 21.9 Å². The summed E-state index contributed by atoms with van der Waals surface area (Å²) in [6.07, 6.45) is -1.06. The van der Waals surface area contributed by atoms with Crippen molar-refractivity contribution < 1.29 is 14.6 Å². The third-order valence-corrected chi connectivity index (χ3v) is 1.44. The van der Waals surface area contributed by atoms with Gasteiger partial charge in [-0.25, -0.2) is 4.79 Å². The van der Waals surface area contributed by atoms with Gasteiger partial charge in [0.25, 0.3) is 0 Å². The molecule has 0 fully saturated rings. The average molecular weight is 225 g/mol. The van der Waals surface area contributed by atoms with Gasteiger partial charge < -0.3 is 9.84 Å². The summed E-state index contributed by atoms with van der Waals surface area (Å²) in [4.78, 5) is 10.9. The number of hydrogen-bond donors (Lipinski definition) is 1. The quantitative estimate of drug-likeness (QED) is 0.565. The van der Waals surface area contributed by atoms with Gasteiger partial charge in [0, 0.05) is 5.33 Å². The lowest BCUT2D eigenvalue weighted by molar-refractivity contribution is -0.163. The summed E-state index contributed by atoms with van der Waals surface area (Å²) in [5.74, 6) is -0.589. The number of halogens is 1. The van der Waals surface area contributed by atoms with Crippen molar-refractivity contribution in [2.24, 2.45) is 0 Å². The van der Waals surface area contributed by atoms with Crippen LogP contribution in [-0.4, -0.2) is 28.1 Å². The zero-order chi connectivity index (χ0) is 9.07. The predicted octanol–water partition coefficient (Wildman–Crippen LogP) is 1.08. The number of rotatable bonds is 2. The highest BCUT2D eigenvalue weighted by Crippen LogP contribution is 2.08. The van der Waals surface area contributed by atoms with Gasteiger partial charge in [0.1, 0.15) is 5.60 Å². The highest BCUT2D eigenvalue weighted by Gasteiger charge is 2.21. The van der Waals surface area contributed by atoms with Crippen LogP contribution in [0.4, 0.5) is 0 Å². The maximum absolute atomic E-state index is 10.9. The van der Waals surface area contributed by atoms with Gasteiger partial charge in [-0.05, 0) is 20.8 Å². The molecule has 0 spiro atoms. The molecule has 3 nitrogen and oxygen atoms in total. The third-order valence-electron chi connectivity index (χ3n) is 0.825. The number of aliphatic hydroxyl groups is 1. The second-order valence-corrected chi connectivity index (χ2v) is 3.85. The Morgan fingerprint density at radius 1 is 1.64 bits per heavy atom. The molecular weight excluding hydrogens is 212 g/mol. The van der Waals surface area contributed by atoms with Gasteiger partial charge in [-0.3, -0.25) is 0 Å². The highest BCUT2D eigenvalue weighted by atomic mass is 79.9. The fourth-order valence-electron chi connectivity index (χ4n) is 0.433. The number of aliphatic hydroxyl groups excluding tert-OH is 1. The summed E-state index contributed by atoms with van der Waals surface area (Å²) in [5.41, 5.74) is -0.528. The molecule has 0 saturated carbocycles. The van der Waals surface area contributed by atoms with Gasteiger partial charge in [0.2, 0.25) is 0 Å². The molecule has 0 aliphatic heterocycles. The maximum Gasteiger partial charge on any atom is 0.336 e. The summed E-state index contributed by atoms with van der Waals surface area (Å²) >= 11 is 2.97. The van der Waals surface area contributed by atoms with Crippen molar-refractivity contribution in [3.63, 3.8) is 0 Å². The zero-order valence-corrected chi connectivity index (χ0v) is 8.51. The van der Waals surface area contributed by atoms with Gasteiger partial charge in [0.05, 0.1) is 0 Å². The van der Waals surface area contributed by atoms with E-state index < -0.39 is 17.7 Å². The van der Waals surface area contributed by atoms with Crippen LogP contribution in [0.15, 0.2) is 0 Å². The second kappa shape index (κ2) is 4.07. The topological polar surface area (TPSA) is 46.5 Å². The molecule has 0 heterocycles. The molecule has 0 bridgehead atoms. The van der Waals surface area contributed by atoms with E-state index in [1.165, 1.54) is 0 Å². The molecule has 1 N–H and O–H groups in total. The van der Waals surface area contributed by atoms with E-state index in [0.29, 0.717) is 0 Å². The van der Waals surface area contributed by atoms with Crippen molar-refractivity contribution in [2.75, 3.05) is 5.33 Å². The van der Waals surface area contributed by atoms with Crippen LogP contribution < -0.4 is 0 Å². The first-order valence-corrected chi connectivity index (χ1v) is 4.46. The van der Waals surface area contributed by atoms with Crippen molar-refractivity contribution in [3.05, 3.63) is 0 Å². The van der Waals surface area contributed by atoms with Crippen molar-refractivity contribution in [1.82, 2.24) is 0 Å². The fraction of sp³-hybridized carbons (Fsp3) is 0.857. The van der Waals surface area contributed by atoms with Crippen LogP contribution in [0.5, 0.6) is 0 Å². The van der Waals surface area contributed by atoms with E-state index in [1.54, 1.807) is 20.8 Å². The molecule has 0 radical (unpaired) electrons. The largest absolute Gasteiger partial charge is 0.458 e. The lowest BCUT2D eigenvalue weighted by Crippen LogP contribution is -2.32. The molecule has 0 amide bonds. The molecule has 0 aromatic carbocycles. The number of ether oxygens (including phenoxy) is 1. The molecule has 0 aromatic heterocycles. The molecule has 1 unspecified atom stereocenters. The van der Waals surface area contributed by atoms with Gasteiger partial charge in [-0.1, -0.05) is 15.9 Å². The van der Waals surface area contributed by atoms with Crippen LogP contribution in [0.1, 0.15) is 20.8 Å². The Morgan fingerprint density at radius 3 is 2.36 bits per heavy atom. The monoisotopic (exact) mass is 224 g/mol. The third kappa shape index (κ3) is 5.21. The summed E-state index contributed by atoms with van der Waals surface area (Å²) in [5, 5.41) is 9.18. The van der Waals surface area contributed by atoms with Crippen LogP contribution in [0, 0.1) is 0 Å². The summed E-state index contributed by atoms with van der Waals surface area (Å²) in [6, 6.07) is 0. The molecular formula is C7H13BrO3. The molecule has 11 heavy (non-hydrogen) atoms. The molecule has 0 aliphatic rings. The lowest BCUT2D eigenvalue weighted by Gasteiger charge is -2.20. The average Bonchev–Trinajstić information content (AvgIpc) is 1.82.